The van der Waals surface area contributed by atoms with Gasteiger partial charge in [-0.1, -0.05) is 0 Å². The quantitative estimate of drug-likeness (QED) is 0.482. The summed E-state index contributed by atoms with van der Waals surface area (Å²) in [5.41, 5.74) is 2.13. The molecule has 4 aromatic heterocycles. The molecule has 0 aromatic carbocycles. The van der Waals surface area contributed by atoms with Crippen LogP contribution in [0.1, 0.15) is 40.9 Å². The van der Waals surface area contributed by atoms with E-state index in [1.165, 1.54) is 4.88 Å². The van der Waals surface area contributed by atoms with Crippen LogP contribution in [0.3, 0.4) is 0 Å². The van der Waals surface area contributed by atoms with Gasteiger partial charge in [-0.25, -0.2) is 9.67 Å². The molecule has 144 valence electrons. The van der Waals surface area contributed by atoms with Crippen molar-refractivity contribution in [3.05, 3.63) is 59.0 Å². The molecular weight excluding hydrogens is 372 g/mol. The lowest BCUT2D eigenvalue weighted by Gasteiger charge is -2.17. The van der Waals surface area contributed by atoms with E-state index in [0.717, 1.165) is 27.4 Å². The van der Waals surface area contributed by atoms with Gasteiger partial charge in [0.05, 0.1) is 40.5 Å². The van der Waals surface area contributed by atoms with E-state index < -0.39 is 0 Å². The highest BCUT2D eigenvalue weighted by Gasteiger charge is 2.22. The summed E-state index contributed by atoms with van der Waals surface area (Å²) in [5.74, 6) is 0.662. The maximum atomic E-state index is 13.3. The maximum Gasteiger partial charge on any atom is 0.254 e. The van der Waals surface area contributed by atoms with Crippen molar-refractivity contribution in [1.29, 1.82) is 0 Å². The zero-order chi connectivity index (χ0) is 19.8. The van der Waals surface area contributed by atoms with Crippen LogP contribution in [0.5, 0.6) is 0 Å². The number of nitrogens with zero attached hydrogens (tertiary/aromatic N) is 4. The molecule has 4 rings (SSSR count). The molecule has 0 spiro atoms. The Labute approximate surface area is 167 Å². The van der Waals surface area contributed by atoms with Crippen LogP contribution in [0.15, 0.2) is 47.2 Å². The summed E-state index contributed by atoms with van der Waals surface area (Å²) >= 11 is 1.67. The summed E-state index contributed by atoms with van der Waals surface area (Å²) < 4.78 is 7.25. The lowest BCUT2D eigenvalue weighted by molar-refractivity contribution is 0.0777. The summed E-state index contributed by atoms with van der Waals surface area (Å²) in [7, 11) is 1.78. The van der Waals surface area contributed by atoms with Crippen molar-refractivity contribution in [3.8, 4) is 10.6 Å². The standard InChI is InChI=1S/C21H22N4O2S/c1-13(2)25-20-17(11-22-25)16(10-18(23-20)19-8-7-14(3)28-19)21(26)24(4)12-15-6-5-9-27-15/h5-11,13H,12H2,1-4H3. The van der Waals surface area contributed by atoms with E-state index in [4.69, 9.17) is 9.40 Å². The predicted molar refractivity (Wildman–Crippen MR) is 110 cm³/mol. The fourth-order valence-electron chi connectivity index (χ4n) is 3.19. The van der Waals surface area contributed by atoms with Crippen LogP contribution in [0.2, 0.25) is 0 Å². The minimum absolute atomic E-state index is 0.0818. The normalized spacial score (nSPS) is 11.5. The fraction of sp³-hybridized carbons (Fsp3) is 0.286. The first-order chi connectivity index (χ1) is 13.4. The maximum absolute atomic E-state index is 13.3. The molecule has 0 unspecified atom stereocenters. The van der Waals surface area contributed by atoms with Crippen LogP contribution in [-0.2, 0) is 6.54 Å². The molecule has 0 aliphatic carbocycles. The third-order valence-electron chi connectivity index (χ3n) is 4.60. The van der Waals surface area contributed by atoms with Gasteiger partial charge >= 0.3 is 0 Å². The number of carbonyl (C=O) groups is 1. The van der Waals surface area contributed by atoms with Gasteiger partial charge in [0, 0.05) is 18.0 Å². The molecule has 6 nitrogen and oxygen atoms in total. The van der Waals surface area contributed by atoms with Crippen molar-refractivity contribution in [1.82, 2.24) is 19.7 Å². The second-order valence-corrected chi connectivity index (χ2v) is 8.41. The van der Waals surface area contributed by atoms with Crippen LogP contribution in [0.4, 0.5) is 0 Å². The van der Waals surface area contributed by atoms with Crippen molar-refractivity contribution >= 4 is 28.3 Å². The number of rotatable bonds is 5. The van der Waals surface area contributed by atoms with Gasteiger partial charge in [-0.15, -0.1) is 11.3 Å². The molecule has 0 N–H and O–H groups in total. The van der Waals surface area contributed by atoms with Gasteiger partial charge in [0.15, 0.2) is 5.65 Å². The summed E-state index contributed by atoms with van der Waals surface area (Å²) in [5, 5.41) is 5.25. The van der Waals surface area contributed by atoms with Crippen molar-refractivity contribution < 1.29 is 9.21 Å². The van der Waals surface area contributed by atoms with Crippen LogP contribution >= 0.6 is 11.3 Å². The number of thiophene rings is 1. The molecule has 1 amide bonds. The smallest absolute Gasteiger partial charge is 0.254 e. The van der Waals surface area contributed by atoms with E-state index in [1.54, 1.807) is 35.7 Å². The van der Waals surface area contributed by atoms with Crippen molar-refractivity contribution in [2.24, 2.45) is 0 Å². The Morgan fingerprint density at radius 3 is 2.79 bits per heavy atom. The Morgan fingerprint density at radius 1 is 1.32 bits per heavy atom. The second kappa shape index (κ2) is 7.24. The van der Waals surface area contributed by atoms with Crippen LogP contribution < -0.4 is 0 Å². The average molecular weight is 395 g/mol. The molecule has 4 aromatic rings. The van der Waals surface area contributed by atoms with Gasteiger partial charge in [-0.3, -0.25) is 4.79 Å². The first-order valence-corrected chi connectivity index (χ1v) is 9.98. The van der Waals surface area contributed by atoms with E-state index in [-0.39, 0.29) is 11.9 Å². The molecule has 7 heteroatoms. The van der Waals surface area contributed by atoms with Gasteiger partial charge in [-0.05, 0) is 51.1 Å². The largest absolute Gasteiger partial charge is 0.467 e. The number of pyridine rings is 1. The monoisotopic (exact) mass is 394 g/mol. The van der Waals surface area contributed by atoms with E-state index in [2.05, 4.69) is 31.9 Å². The zero-order valence-electron chi connectivity index (χ0n) is 16.3. The Kier molecular flexibility index (Phi) is 4.77. The van der Waals surface area contributed by atoms with E-state index in [9.17, 15) is 4.79 Å². The van der Waals surface area contributed by atoms with Crippen molar-refractivity contribution in [2.45, 2.75) is 33.4 Å². The Bertz CT molecular complexity index is 1120. The summed E-state index contributed by atoms with van der Waals surface area (Å²) in [6, 6.07) is 9.82. The Morgan fingerprint density at radius 2 is 2.14 bits per heavy atom. The SMILES string of the molecule is Cc1ccc(-c2cc(C(=O)N(C)Cc3ccco3)c3cnn(C(C)C)c3n2)s1. The third kappa shape index (κ3) is 3.33. The molecule has 0 fully saturated rings. The summed E-state index contributed by atoms with van der Waals surface area (Å²) in [4.78, 5) is 22.0. The molecule has 0 aliphatic heterocycles. The third-order valence-corrected chi connectivity index (χ3v) is 5.62. The van der Waals surface area contributed by atoms with Crippen LogP contribution in [0.25, 0.3) is 21.6 Å². The molecule has 0 radical (unpaired) electrons. The van der Waals surface area contributed by atoms with Crippen molar-refractivity contribution in [2.75, 3.05) is 7.05 Å². The first kappa shape index (κ1) is 18.4. The highest BCUT2D eigenvalue weighted by atomic mass is 32.1. The lowest BCUT2D eigenvalue weighted by Crippen LogP contribution is -2.26. The van der Waals surface area contributed by atoms with Gasteiger partial charge in [0.25, 0.3) is 5.91 Å². The number of amides is 1. The summed E-state index contributed by atoms with van der Waals surface area (Å²) in [6.45, 7) is 6.58. The van der Waals surface area contributed by atoms with Gasteiger partial charge < -0.3 is 9.32 Å². The van der Waals surface area contributed by atoms with Crippen LogP contribution in [0, 0.1) is 6.92 Å². The topological polar surface area (TPSA) is 64.2 Å². The number of carbonyl (C=O) groups excluding carboxylic acids is 1. The van der Waals surface area contributed by atoms with E-state index in [0.29, 0.717) is 12.1 Å². The minimum Gasteiger partial charge on any atom is -0.467 e. The molecule has 0 saturated heterocycles. The molecule has 4 heterocycles. The number of fused-ring (bicyclic) bond motifs is 1. The number of hydrogen-bond acceptors (Lipinski definition) is 5. The number of aryl methyl sites for hydroxylation is 1. The van der Waals surface area contributed by atoms with Gasteiger partial charge in [0.2, 0.25) is 0 Å². The molecule has 0 aliphatic rings. The zero-order valence-corrected chi connectivity index (χ0v) is 17.2. The van der Waals surface area contributed by atoms with Gasteiger partial charge in [0.1, 0.15) is 5.76 Å². The highest BCUT2D eigenvalue weighted by molar-refractivity contribution is 7.15. The number of hydrogen-bond donors (Lipinski definition) is 0. The van der Waals surface area contributed by atoms with Crippen molar-refractivity contribution in [3.63, 3.8) is 0 Å². The van der Waals surface area contributed by atoms with E-state index >= 15 is 0 Å². The predicted octanol–water partition coefficient (Wildman–Crippen LogP) is 4.91. The Balaban J connectivity index is 1.82. The second-order valence-electron chi connectivity index (χ2n) is 7.13. The van der Waals surface area contributed by atoms with Gasteiger partial charge in [-0.2, -0.15) is 5.10 Å². The molecule has 0 bridgehead atoms. The number of aromatic nitrogens is 3. The molecule has 0 saturated carbocycles. The lowest BCUT2D eigenvalue weighted by atomic mass is 10.1. The van der Waals surface area contributed by atoms with E-state index in [1.807, 2.05) is 28.9 Å². The highest BCUT2D eigenvalue weighted by Crippen LogP contribution is 2.31. The average Bonchev–Trinajstić information content (AvgIpc) is 3.40. The minimum atomic E-state index is -0.0818. The van der Waals surface area contributed by atoms with Crippen LogP contribution in [-0.4, -0.2) is 32.6 Å². The Hall–Kier alpha value is -2.93. The molecular formula is C21H22N4O2S. The fourth-order valence-corrected chi connectivity index (χ4v) is 4.01. The number of furan rings is 1. The molecule has 0 atom stereocenters. The molecule has 28 heavy (non-hydrogen) atoms. The first-order valence-electron chi connectivity index (χ1n) is 9.17. The summed E-state index contributed by atoms with van der Waals surface area (Å²) in [6.07, 6.45) is 3.35.